The summed E-state index contributed by atoms with van der Waals surface area (Å²) in [6.07, 6.45) is 4.79. The van der Waals surface area contributed by atoms with Gasteiger partial charge in [-0.05, 0) is 5.56 Å². The first-order valence-corrected chi connectivity index (χ1v) is 5.92. The molecule has 4 nitrogen and oxygen atoms in total. The normalized spacial score (nSPS) is 12.0. The van der Waals surface area contributed by atoms with Gasteiger partial charge in [0.25, 0.3) is 0 Å². The molecule has 5 heteroatoms. The van der Waals surface area contributed by atoms with Gasteiger partial charge in [-0.3, -0.25) is 9.78 Å². The summed E-state index contributed by atoms with van der Waals surface area (Å²) >= 11 is 1.30. The van der Waals surface area contributed by atoms with Crippen LogP contribution in [0.2, 0.25) is 0 Å². The summed E-state index contributed by atoms with van der Waals surface area (Å²) in [7, 11) is 0. The van der Waals surface area contributed by atoms with Crippen molar-refractivity contribution in [2.75, 3.05) is 0 Å². The van der Waals surface area contributed by atoms with Crippen molar-refractivity contribution in [1.82, 2.24) is 9.97 Å². The molecule has 86 valence electrons. The Labute approximate surface area is 103 Å². The highest BCUT2D eigenvalue weighted by Gasteiger charge is 2.19. The van der Waals surface area contributed by atoms with Gasteiger partial charge in [0.1, 0.15) is 10.3 Å². The highest BCUT2D eigenvalue weighted by atomic mass is 32.2. The maximum Gasteiger partial charge on any atom is 0.235 e. The van der Waals surface area contributed by atoms with Crippen molar-refractivity contribution < 1.29 is 4.79 Å². The number of carbonyl (C=O) groups excluding carboxylic acids is 1. The van der Waals surface area contributed by atoms with E-state index in [1.54, 1.807) is 18.6 Å². The number of hydrogen-bond acceptors (Lipinski definition) is 4. The number of thioether (sulfide) groups is 1. The standard InChI is InChI=1S/C12H11N3OS/c13-12(16)11(9-4-2-1-3-5-9)17-10-8-14-6-7-15-10/h1-8,11H,(H2,13,16). The lowest BCUT2D eigenvalue weighted by atomic mass is 10.1. The van der Waals surface area contributed by atoms with Crippen molar-refractivity contribution in [2.24, 2.45) is 5.73 Å². The summed E-state index contributed by atoms with van der Waals surface area (Å²) in [5, 5.41) is 0.244. The van der Waals surface area contributed by atoms with E-state index < -0.39 is 5.25 Å². The van der Waals surface area contributed by atoms with Crippen LogP contribution in [0.3, 0.4) is 0 Å². The first kappa shape index (κ1) is 11.6. The molecule has 1 heterocycles. The minimum Gasteiger partial charge on any atom is -0.368 e. The van der Waals surface area contributed by atoms with Crippen molar-refractivity contribution in [3.63, 3.8) is 0 Å². The lowest BCUT2D eigenvalue weighted by molar-refractivity contribution is -0.117. The number of amides is 1. The average Bonchev–Trinajstić information content (AvgIpc) is 2.38. The molecule has 0 bridgehead atoms. The van der Waals surface area contributed by atoms with Gasteiger partial charge in [0.05, 0.1) is 6.20 Å². The Morgan fingerprint density at radius 3 is 2.59 bits per heavy atom. The second-order valence-corrected chi connectivity index (χ2v) is 4.48. The number of nitrogens with two attached hydrogens (primary N) is 1. The predicted octanol–water partition coefficient (Wildman–Crippen LogP) is 1.80. The zero-order valence-electron chi connectivity index (χ0n) is 8.98. The molecule has 1 amide bonds. The van der Waals surface area contributed by atoms with Gasteiger partial charge < -0.3 is 5.73 Å². The number of nitrogens with zero attached hydrogens (tertiary/aromatic N) is 2. The Morgan fingerprint density at radius 2 is 2.00 bits per heavy atom. The van der Waals surface area contributed by atoms with Crippen LogP contribution >= 0.6 is 11.8 Å². The Kier molecular flexibility index (Phi) is 3.72. The summed E-state index contributed by atoms with van der Waals surface area (Å²) in [6, 6.07) is 9.40. The van der Waals surface area contributed by atoms with E-state index in [0.717, 1.165) is 5.56 Å². The largest absolute Gasteiger partial charge is 0.368 e. The minimum atomic E-state index is -0.437. The molecule has 1 atom stereocenters. The van der Waals surface area contributed by atoms with Crippen molar-refractivity contribution in [3.05, 3.63) is 54.5 Å². The zero-order chi connectivity index (χ0) is 12.1. The number of benzene rings is 1. The van der Waals surface area contributed by atoms with E-state index in [2.05, 4.69) is 9.97 Å². The van der Waals surface area contributed by atoms with E-state index in [1.807, 2.05) is 30.3 Å². The monoisotopic (exact) mass is 245 g/mol. The number of primary amides is 1. The predicted molar refractivity (Wildman–Crippen MR) is 66.3 cm³/mol. The van der Waals surface area contributed by atoms with Gasteiger partial charge in [0.15, 0.2) is 0 Å². The SMILES string of the molecule is NC(=O)C(Sc1cnccn1)c1ccccc1. The van der Waals surface area contributed by atoms with Gasteiger partial charge in [-0.15, -0.1) is 0 Å². The molecule has 1 unspecified atom stereocenters. The Bertz CT molecular complexity index is 490. The van der Waals surface area contributed by atoms with E-state index in [9.17, 15) is 4.79 Å². The smallest absolute Gasteiger partial charge is 0.235 e. The number of carbonyl (C=O) groups is 1. The summed E-state index contributed by atoms with van der Waals surface area (Å²) in [5.41, 5.74) is 6.28. The quantitative estimate of drug-likeness (QED) is 0.834. The molecule has 0 aliphatic carbocycles. The molecule has 1 aromatic heterocycles. The van der Waals surface area contributed by atoms with Crippen molar-refractivity contribution in [1.29, 1.82) is 0 Å². The Balaban J connectivity index is 2.23. The van der Waals surface area contributed by atoms with Gasteiger partial charge >= 0.3 is 0 Å². The molecule has 2 N–H and O–H groups in total. The topological polar surface area (TPSA) is 68.9 Å². The van der Waals surface area contributed by atoms with Crippen LogP contribution in [0.5, 0.6) is 0 Å². The van der Waals surface area contributed by atoms with Crippen LogP contribution in [0.25, 0.3) is 0 Å². The third-order valence-electron chi connectivity index (χ3n) is 2.14. The molecular weight excluding hydrogens is 234 g/mol. The second kappa shape index (κ2) is 5.45. The highest BCUT2D eigenvalue weighted by molar-refractivity contribution is 8.00. The van der Waals surface area contributed by atoms with Gasteiger partial charge in [0.2, 0.25) is 5.91 Å². The minimum absolute atomic E-state index is 0.383. The maximum atomic E-state index is 11.5. The van der Waals surface area contributed by atoms with Crippen LogP contribution in [0, 0.1) is 0 Å². The molecule has 0 fully saturated rings. The molecule has 0 spiro atoms. The Morgan fingerprint density at radius 1 is 1.24 bits per heavy atom. The van der Waals surface area contributed by atoms with Crippen LogP contribution in [-0.4, -0.2) is 15.9 Å². The molecule has 0 aliphatic heterocycles. The molecule has 0 radical (unpaired) electrons. The maximum absolute atomic E-state index is 11.5. The molecule has 0 aliphatic rings. The van der Waals surface area contributed by atoms with Gasteiger partial charge in [-0.25, -0.2) is 4.98 Å². The van der Waals surface area contributed by atoms with E-state index in [4.69, 9.17) is 5.73 Å². The third-order valence-corrected chi connectivity index (χ3v) is 3.33. The lowest BCUT2D eigenvalue weighted by Gasteiger charge is -2.12. The summed E-state index contributed by atoms with van der Waals surface area (Å²) in [6.45, 7) is 0. The van der Waals surface area contributed by atoms with E-state index in [0.29, 0.717) is 5.03 Å². The Hall–Kier alpha value is -1.88. The number of aromatic nitrogens is 2. The van der Waals surface area contributed by atoms with E-state index in [-0.39, 0.29) is 5.91 Å². The van der Waals surface area contributed by atoms with Crippen LogP contribution in [0.15, 0.2) is 53.9 Å². The fourth-order valence-electron chi connectivity index (χ4n) is 1.39. The van der Waals surface area contributed by atoms with Gasteiger partial charge in [-0.2, -0.15) is 0 Å². The average molecular weight is 245 g/mol. The molecular formula is C12H11N3OS. The van der Waals surface area contributed by atoms with Crippen molar-refractivity contribution in [2.45, 2.75) is 10.3 Å². The van der Waals surface area contributed by atoms with Gasteiger partial charge in [0, 0.05) is 12.4 Å². The number of rotatable bonds is 4. The second-order valence-electron chi connectivity index (χ2n) is 3.35. The molecule has 0 saturated heterocycles. The van der Waals surface area contributed by atoms with E-state index in [1.165, 1.54) is 11.8 Å². The summed E-state index contributed by atoms with van der Waals surface area (Å²) in [5.74, 6) is -0.383. The van der Waals surface area contributed by atoms with Gasteiger partial charge in [-0.1, -0.05) is 42.1 Å². The fraction of sp³-hybridized carbons (Fsp3) is 0.0833. The third kappa shape index (κ3) is 3.04. The van der Waals surface area contributed by atoms with Crippen LogP contribution in [-0.2, 0) is 4.79 Å². The number of hydrogen-bond donors (Lipinski definition) is 1. The molecule has 2 rings (SSSR count). The van der Waals surface area contributed by atoms with Crippen LogP contribution < -0.4 is 5.73 Å². The molecule has 2 aromatic rings. The fourth-order valence-corrected chi connectivity index (χ4v) is 2.28. The lowest BCUT2D eigenvalue weighted by Crippen LogP contribution is -2.19. The summed E-state index contributed by atoms with van der Waals surface area (Å²) in [4.78, 5) is 19.5. The van der Waals surface area contributed by atoms with E-state index >= 15 is 0 Å². The van der Waals surface area contributed by atoms with Crippen LogP contribution in [0.4, 0.5) is 0 Å². The van der Waals surface area contributed by atoms with Crippen LogP contribution in [0.1, 0.15) is 10.8 Å². The first-order chi connectivity index (χ1) is 8.27. The van der Waals surface area contributed by atoms with Crippen molar-refractivity contribution in [3.8, 4) is 0 Å². The highest BCUT2D eigenvalue weighted by Crippen LogP contribution is 2.33. The first-order valence-electron chi connectivity index (χ1n) is 5.04. The van der Waals surface area contributed by atoms with Crippen molar-refractivity contribution >= 4 is 17.7 Å². The molecule has 0 saturated carbocycles. The zero-order valence-corrected chi connectivity index (χ0v) is 9.80. The summed E-state index contributed by atoms with van der Waals surface area (Å²) < 4.78 is 0. The molecule has 1 aromatic carbocycles. The molecule has 17 heavy (non-hydrogen) atoms.